The van der Waals surface area contributed by atoms with E-state index in [-0.39, 0.29) is 17.9 Å². The Morgan fingerprint density at radius 2 is 2.06 bits per heavy atom. The molecule has 86 valence electrons. The van der Waals surface area contributed by atoms with Gasteiger partial charge in [-0.2, -0.15) is 13.2 Å². The van der Waals surface area contributed by atoms with E-state index < -0.39 is 12.6 Å². The number of amides is 1. The smallest absolute Gasteiger partial charge is 0.315 e. The molecule has 0 fully saturated rings. The van der Waals surface area contributed by atoms with Crippen LogP contribution in [0.3, 0.4) is 0 Å². The average molecular weight is 229 g/mol. The van der Waals surface area contributed by atoms with Gasteiger partial charge in [0.05, 0.1) is 12.8 Å². The van der Waals surface area contributed by atoms with Gasteiger partial charge in [-0.05, 0) is 17.2 Å². The van der Waals surface area contributed by atoms with Crippen molar-refractivity contribution in [2.45, 2.75) is 19.0 Å². The number of fused-ring (bicyclic) bond motifs is 1. The highest BCUT2D eigenvalue weighted by Crippen LogP contribution is 2.30. The quantitative estimate of drug-likeness (QED) is 0.723. The summed E-state index contributed by atoms with van der Waals surface area (Å²) >= 11 is 0. The zero-order valence-corrected chi connectivity index (χ0v) is 8.64. The minimum Gasteiger partial charge on any atom is -0.315 e. The number of alkyl halides is 3. The maximum absolute atomic E-state index is 12.2. The lowest BCUT2D eigenvalue weighted by Gasteiger charge is -2.11. The number of carbonyl (C=O) groups excluding carboxylic acids is 1. The molecule has 0 aromatic heterocycles. The fraction of sp³-hybridized carbons (Fsp3) is 0.364. The number of rotatable bonds is 1. The number of nitrogens with zero attached hydrogens (tertiary/aromatic N) is 1. The summed E-state index contributed by atoms with van der Waals surface area (Å²) in [6, 6.07) is 4.45. The van der Waals surface area contributed by atoms with E-state index in [1.165, 1.54) is 17.0 Å². The normalized spacial score (nSPS) is 15.5. The molecule has 0 bridgehead atoms. The summed E-state index contributed by atoms with van der Waals surface area (Å²) in [7, 11) is 1.62. The van der Waals surface area contributed by atoms with Crippen molar-refractivity contribution in [2.24, 2.45) is 0 Å². The van der Waals surface area contributed by atoms with Crippen molar-refractivity contribution in [3.8, 4) is 0 Å². The highest BCUT2D eigenvalue weighted by Gasteiger charge is 2.29. The van der Waals surface area contributed by atoms with Gasteiger partial charge in [-0.3, -0.25) is 4.79 Å². The van der Waals surface area contributed by atoms with Gasteiger partial charge in [-0.25, -0.2) is 0 Å². The first-order valence-electron chi connectivity index (χ1n) is 4.82. The Morgan fingerprint density at radius 3 is 2.69 bits per heavy atom. The van der Waals surface area contributed by atoms with Gasteiger partial charge >= 0.3 is 6.18 Å². The summed E-state index contributed by atoms with van der Waals surface area (Å²) in [5.74, 6) is -0.0841. The number of benzene rings is 1. The van der Waals surface area contributed by atoms with Crippen molar-refractivity contribution in [1.29, 1.82) is 0 Å². The van der Waals surface area contributed by atoms with Crippen LogP contribution in [0.2, 0.25) is 0 Å². The molecule has 16 heavy (non-hydrogen) atoms. The van der Waals surface area contributed by atoms with Gasteiger partial charge in [-0.15, -0.1) is 0 Å². The molecule has 1 aliphatic rings. The van der Waals surface area contributed by atoms with Crippen LogP contribution in [0.15, 0.2) is 18.2 Å². The Labute approximate surface area is 90.7 Å². The third-order valence-electron chi connectivity index (χ3n) is 2.63. The first kappa shape index (κ1) is 11.0. The fourth-order valence-electron chi connectivity index (χ4n) is 1.86. The van der Waals surface area contributed by atoms with Gasteiger partial charge in [-0.1, -0.05) is 12.1 Å². The molecule has 1 aromatic rings. The van der Waals surface area contributed by atoms with Crippen molar-refractivity contribution >= 4 is 11.6 Å². The third-order valence-corrected chi connectivity index (χ3v) is 2.63. The standard InChI is InChI=1S/C11H10F3NO/c1-15-9-3-2-7(6-11(12,13)14)4-8(9)5-10(15)16/h2-4H,5-6H2,1H3. The zero-order valence-electron chi connectivity index (χ0n) is 8.64. The summed E-state index contributed by atoms with van der Waals surface area (Å²) in [5.41, 5.74) is 1.58. The van der Waals surface area contributed by atoms with Crippen LogP contribution in [0.4, 0.5) is 18.9 Å². The number of halogens is 3. The topological polar surface area (TPSA) is 20.3 Å². The van der Waals surface area contributed by atoms with Gasteiger partial charge < -0.3 is 4.90 Å². The van der Waals surface area contributed by atoms with E-state index in [2.05, 4.69) is 0 Å². The third kappa shape index (κ3) is 2.03. The molecule has 1 aliphatic heterocycles. The van der Waals surface area contributed by atoms with Crippen molar-refractivity contribution in [3.63, 3.8) is 0 Å². The van der Waals surface area contributed by atoms with Crippen LogP contribution in [0, 0.1) is 0 Å². The molecule has 1 heterocycles. The molecule has 0 radical (unpaired) electrons. The lowest BCUT2D eigenvalue weighted by Crippen LogP contribution is -2.20. The average Bonchev–Trinajstić information content (AvgIpc) is 2.40. The minimum absolute atomic E-state index is 0.0841. The van der Waals surface area contributed by atoms with Crippen LogP contribution < -0.4 is 4.90 Å². The minimum atomic E-state index is -4.21. The van der Waals surface area contributed by atoms with Crippen LogP contribution in [0.5, 0.6) is 0 Å². The first-order chi connectivity index (χ1) is 7.37. The summed E-state index contributed by atoms with van der Waals surface area (Å²) in [4.78, 5) is 12.8. The van der Waals surface area contributed by atoms with Gasteiger partial charge in [0.15, 0.2) is 0 Å². The van der Waals surface area contributed by atoms with Gasteiger partial charge in [0.2, 0.25) is 5.91 Å². The molecule has 2 rings (SSSR count). The van der Waals surface area contributed by atoms with Gasteiger partial charge in [0.25, 0.3) is 0 Å². The monoisotopic (exact) mass is 229 g/mol. The Hall–Kier alpha value is -1.52. The van der Waals surface area contributed by atoms with E-state index >= 15 is 0 Å². The second kappa shape index (κ2) is 3.50. The van der Waals surface area contributed by atoms with Crippen molar-refractivity contribution in [3.05, 3.63) is 29.3 Å². The molecule has 0 unspecified atom stereocenters. The van der Waals surface area contributed by atoms with Crippen LogP contribution in [-0.2, 0) is 17.6 Å². The first-order valence-corrected chi connectivity index (χ1v) is 4.82. The van der Waals surface area contributed by atoms with Crippen LogP contribution in [0.25, 0.3) is 0 Å². The number of hydrogen-bond donors (Lipinski definition) is 0. The molecule has 0 spiro atoms. The predicted octanol–water partition coefficient (Wildman–Crippen LogP) is 2.31. The number of carbonyl (C=O) groups is 1. The van der Waals surface area contributed by atoms with Crippen LogP contribution in [0.1, 0.15) is 11.1 Å². The number of anilines is 1. The Bertz CT molecular complexity index is 439. The van der Waals surface area contributed by atoms with Crippen molar-refractivity contribution in [2.75, 3.05) is 11.9 Å². The Kier molecular flexibility index (Phi) is 2.40. The zero-order chi connectivity index (χ0) is 11.9. The molecule has 5 heteroatoms. The summed E-state index contributed by atoms with van der Waals surface area (Å²) in [6.45, 7) is 0. The van der Waals surface area contributed by atoms with E-state index in [4.69, 9.17) is 0 Å². The number of hydrogen-bond acceptors (Lipinski definition) is 1. The SMILES string of the molecule is CN1C(=O)Cc2cc(CC(F)(F)F)ccc21. The summed E-state index contributed by atoms with van der Waals surface area (Å²) in [5, 5.41) is 0. The van der Waals surface area contributed by atoms with E-state index in [1.54, 1.807) is 13.1 Å². The summed E-state index contributed by atoms with van der Waals surface area (Å²) < 4.78 is 36.5. The molecule has 0 saturated carbocycles. The molecule has 1 aromatic carbocycles. The second-order valence-electron chi connectivity index (χ2n) is 3.88. The van der Waals surface area contributed by atoms with Crippen LogP contribution in [-0.4, -0.2) is 19.1 Å². The molecule has 0 N–H and O–H groups in total. The molecule has 1 amide bonds. The van der Waals surface area contributed by atoms with Gasteiger partial charge in [0, 0.05) is 12.7 Å². The maximum atomic E-state index is 12.2. The van der Waals surface area contributed by atoms with Crippen molar-refractivity contribution in [1.82, 2.24) is 0 Å². The van der Waals surface area contributed by atoms with Crippen molar-refractivity contribution < 1.29 is 18.0 Å². The lowest BCUT2D eigenvalue weighted by molar-refractivity contribution is -0.127. The largest absolute Gasteiger partial charge is 0.393 e. The Balaban J connectivity index is 2.29. The van der Waals surface area contributed by atoms with E-state index in [1.807, 2.05) is 0 Å². The lowest BCUT2D eigenvalue weighted by atomic mass is 10.1. The number of likely N-dealkylation sites (N-methyl/N-ethyl adjacent to an activating group) is 1. The highest BCUT2D eigenvalue weighted by atomic mass is 19.4. The van der Waals surface area contributed by atoms with E-state index in [0.717, 1.165) is 0 Å². The molecule has 0 atom stereocenters. The molecular formula is C11H10F3NO. The Morgan fingerprint density at radius 1 is 1.38 bits per heavy atom. The maximum Gasteiger partial charge on any atom is 0.393 e. The molecule has 0 aliphatic carbocycles. The van der Waals surface area contributed by atoms with E-state index in [0.29, 0.717) is 11.3 Å². The molecule has 0 saturated heterocycles. The van der Waals surface area contributed by atoms with Gasteiger partial charge in [0.1, 0.15) is 0 Å². The van der Waals surface area contributed by atoms with Crippen LogP contribution >= 0.6 is 0 Å². The molecular weight excluding hydrogens is 219 g/mol. The summed E-state index contributed by atoms with van der Waals surface area (Å²) in [6.07, 6.45) is -4.96. The second-order valence-corrected chi connectivity index (χ2v) is 3.88. The fourth-order valence-corrected chi connectivity index (χ4v) is 1.86. The molecule has 2 nitrogen and oxygen atoms in total. The highest BCUT2D eigenvalue weighted by molar-refractivity contribution is 6.00. The van der Waals surface area contributed by atoms with E-state index in [9.17, 15) is 18.0 Å². The predicted molar refractivity (Wildman–Crippen MR) is 53.3 cm³/mol.